The van der Waals surface area contributed by atoms with E-state index in [2.05, 4.69) is 25.9 Å². The molecule has 1 aromatic rings. The zero-order valence-electron chi connectivity index (χ0n) is 7.31. The highest BCUT2D eigenvalue weighted by molar-refractivity contribution is 9.10. The monoisotopic (exact) mass is 298 g/mol. The molecule has 0 fully saturated rings. The summed E-state index contributed by atoms with van der Waals surface area (Å²) in [5, 5.41) is -0.676. The lowest BCUT2D eigenvalue weighted by atomic mass is 10.3. The quantitative estimate of drug-likeness (QED) is 0.798. The number of hydrogen-bond acceptors (Lipinski definition) is 4. The molecular weight excluding hydrogens is 292 g/mol. The van der Waals surface area contributed by atoms with E-state index in [1.54, 1.807) is 12.4 Å². The zero-order chi connectivity index (χ0) is 10.8. The van der Waals surface area contributed by atoms with Gasteiger partial charge in [0, 0.05) is 29.5 Å². The van der Waals surface area contributed by atoms with Crippen LogP contribution in [-0.4, -0.2) is 23.6 Å². The van der Waals surface area contributed by atoms with Gasteiger partial charge in [0.05, 0.1) is 9.72 Å². The normalized spacial score (nSPS) is 13.9. The van der Waals surface area contributed by atoms with Crippen molar-refractivity contribution in [2.24, 2.45) is 0 Å². The van der Waals surface area contributed by atoms with Gasteiger partial charge in [0.15, 0.2) is 0 Å². The average molecular weight is 300 g/mol. The van der Waals surface area contributed by atoms with Crippen molar-refractivity contribution in [3.8, 4) is 0 Å². The summed E-state index contributed by atoms with van der Waals surface area (Å²) in [6, 6.07) is 0. The SMILES string of the molecule is C[C@@H](Cc1ncc(Br)cn1)S(=O)(=O)Cl. The Morgan fingerprint density at radius 3 is 2.43 bits per heavy atom. The van der Waals surface area contributed by atoms with Gasteiger partial charge in [-0.2, -0.15) is 0 Å². The van der Waals surface area contributed by atoms with Gasteiger partial charge in [-0.05, 0) is 22.9 Å². The molecule has 0 aliphatic heterocycles. The number of nitrogens with zero attached hydrogens (tertiary/aromatic N) is 2. The first-order valence-corrected chi connectivity index (χ1v) is 6.96. The van der Waals surface area contributed by atoms with Crippen molar-refractivity contribution in [1.82, 2.24) is 9.97 Å². The summed E-state index contributed by atoms with van der Waals surface area (Å²) >= 11 is 3.18. The highest BCUT2D eigenvalue weighted by atomic mass is 79.9. The molecule has 0 radical (unpaired) electrons. The van der Waals surface area contributed by atoms with Crippen LogP contribution in [0.25, 0.3) is 0 Å². The van der Waals surface area contributed by atoms with Crippen LogP contribution >= 0.6 is 26.6 Å². The molecule has 0 aromatic carbocycles. The van der Waals surface area contributed by atoms with Gasteiger partial charge in [0.25, 0.3) is 0 Å². The molecule has 0 aliphatic carbocycles. The molecule has 0 N–H and O–H groups in total. The van der Waals surface area contributed by atoms with Crippen LogP contribution in [0.5, 0.6) is 0 Å². The molecule has 1 aromatic heterocycles. The molecular formula is C7H8BrClN2O2S. The van der Waals surface area contributed by atoms with Crippen LogP contribution in [-0.2, 0) is 15.5 Å². The second kappa shape index (κ2) is 4.55. The smallest absolute Gasteiger partial charge is 0.235 e. The fourth-order valence-corrected chi connectivity index (χ4v) is 1.54. The summed E-state index contributed by atoms with van der Waals surface area (Å²) in [4.78, 5) is 7.90. The standard InChI is InChI=1S/C7H8BrClN2O2S/c1-5(14(9,12)13)2-7-10-3-6(8)4-11-7/h3-5H,2H2,1H3/t5-/m0/s1. The van der Waals surface area contributed by atoms with Gasteiger partial charge < -0.3 is 0 Å². The van der Waals surface area contributed by atoms with Gasteiger partial charge in [-0.25, -0.2) is 18.4 Å². The highest BCUT2D eigenvalue weighted by Gasteiger charge is 2.18. The predicted octanol–water partition coefficient (Wildman–Crippen LogP) is 1.74. The summed E-state index contributed by atoms with van der Waals surface area (Å²) < 4.78 is 22.6. The van der Waals surface area contributed by atoms with E-state index in [-0.39, 0.29) is 6.42 Å². The van der Waals surface area contributed by atoms with Gasteiger partial charge in [0.2, 0.25) is 9.05 Å². The number of aromatic nitrogens is 2. The van der Waals surface area contributed by atoms with Crippen molar-refractivity contribution in [2.45, 2.75) is 18.6 Å². The molecule has 0 unspecified atom stereocenters. The molecule has 1 atom stereocenters. The predicted molar refractivity (Wildman–Crippen MR) is 57.7 cm³/mol. The maximum Gasteiger partial charge on any atom is 0.235 e. The van der Waals surface area contributed by atoms with Crippen LogP contribution in [0, 0.1) is 0 Å². The van der Waals surface area contributed by atoms with Gasteiger partial charge in [-0.1, -0.05) is 0 Å². The molecule has 0 saturated heterocycles. The topological polar surface area (TPSA) is 59.9 Å². The van der Waals surface area contributed by atoms with Gasteiger partial charge in [-0.15, -0.1) is 0 Å². The van der Waals surface area contributed by atoms with Gasteiger partial charge >= 0.3 is 0 Å². The summed E-state index contributed by atoms with van der Waals surface area (Å²) in [7, 11) is 1.64. The van der Waals surface area contributed by atoms with Crippen molar-refractivity contribution >= 4 is 35.7 Å². The first-order chi connectivity index (χ1) is 6.39. The second-order valence-corrected chi connectivity index (χ2v) is 6.77. The first-order valence-electron chi connectivity index (χ1n) is 3.79. The maximum atomic E-state index is 10.9. The Bertz CT molecular complexity index is 406. The number of hydrogen-bond donors (Lipinski definition) is 0. The maximum absolute atomic E-state index is 10.9. The molecule has 0 saturated carbocycles. The lowest BCUT2D eigenvalue weighted by Crippen LogP contribution is -2.16. The van der Waals surface area contributed by atoms with E-state index in [0.29, 0.717) is 5.82 Å². The van der Waals surface area contributed by atoms with Gasteiger partial charge in [0.1, 0.15) is 5.82 Å². The van der Waals surface area contributed by atoms with Crippen molar-refractivity contribution in [3.05, 3.63) is 22.7 Å². The summed E-state index contributed by atoms with van der Waals surface area (Å²) in [5.74, 6) is 0.463. The summed E-state index contributed by atoms with van der Waals surface area (Å²) in [5.41, 5.74) is 0. The Morgan fingerprint density at radius 2 is 2.00 bits per heavy atom. The van der Waals surface area contributed by atoms with Gasteiger partial charge in [-0.3, -0.25) is 0 Å². The molecule has 0 bridgehead atoms. The van der Waals surface area contributed by atoms with Crippen molar-refractivity contribution in [3.63, 3.8) is 0 Å². The fourth-order valence-electron chi connectivity index (χ4n) is 0.801. The molecule has 78 valence electrons. The van der Waals surface area contributed by atoms with Crippen molar-refractivity contribution in [1.29, 1.82) is 0 Å². The third kappa shape index (κ3) is 3.51. The summed E-state index contributed by atoms with van der Waals surface area (Å²) in [6.45, 7) is 1.52. The van der Waals surface area contributed by atoms with E-state index in [4.69, 9.17) is 10.7 Å². The third-order valence-electron chi connectivity index (χ3n) is 1.62. The molecule has 1 rings (SSSR count). The van der Waals surface area contributed by atoms with Crippen LogP contribution in [0.3, 0.4) is 0 Å². The van der Waals surface area contributed by atoms with E-state index in [1.165, 1.54) is 6.92 Å². The first kappa shape index (κ1) is 11.9. The lowest BCUT2D eigenvalue weighted by Gasteiger charge is -2.05. The van der Waals surface area contributed by atoms with E-state index in [9.17, 15) is 8.42 Å². The average Bonchev–Trinajstić information content (AvgIpc) is 2.07. The van der Waals surface area contributed by atoms with Crippen LogP contribution in [0.15, 0.2) is 16.9 Å². The van der Waals surface area contributed by atoms with E-state index < -0.39 is 14.3 Å². The van der Waals surface area contributed by atoms with Crippen LogP contribution in [0.4, 0.5) is 0 Å². The molecule has 0 amide bonds. The van der Waals surface area contributed by atoms with E-state index >= 15 is 0 Å². The molecule has 4 nitrogen and oxygen atoms in total. The Morgan fingerprint density at radius 1 is 1.50 bits per heavy atom. The van der Waals surface area contributed by atoms with Crippen LogP contribution < -0.4 is 0 Å². The molecule has 14 heavy (non-hydrogen) atoms. The fraction of sp³-hybridized carbons (Fsp3) is 0.429. The molecule has 0 aliphatic rings. The minimum absolute atomic E-state index is 0.221. The Kier molecular flexibility index (Phi) is 3.86. The summed E-state index contributed by atoms with van der Waals surface area (Å²) in [6.07, 6.45) is 3.35. The molecule has 7 heteroatoms. The zero-order valence-corrected chi connectivity index (χ0v) is 10.5. The van der Waals surface area contributed by atoms with Crippen LogP contribution in [0.2, 0.25) is 0 Å². The van der Waals surface area contributed by atoms with E-state index in [0.717, 1.165) is 4.47 Å². The lowest BCUT2D eigenvalue weighted by molar-refractivity contribution is 0.595. The second-order valence-electron chi connectivity index (χ2n) is 2.81. The number of rotatable bonds is 3. The minimum Gasteiger partial charge on any atom is -0.240 e. The molecule has 0 spiro atoms. The van der Waals surface area contributed by atoms with Crippen LogP contribution in [0.1, 0.15) is 12.7 Å². The molecule has 1 heterocycles. The third-order valence-corrected chi connectivity index (χ3v) is 4.07. The number of halogens is 2. The van der Waals surface area contributed by atoms with Crippen molar-refractivity contribution < 1.29 is 8.42 Å². The van der Waals surface area contributed by atoms with Crippen molar-refractivity contribution in [2.75, 3.05) is 0 Å². The Labute approximate surface area is 95.3 Å². The Balaban J connectivity index is 2.75. The largest absolute Gasteiger partial charge is 0.240 e. The highest BCUT2D eigenvalue weighted by Crippen LogP contribution is 2.12. The Hall–Kier alpha value is -0.200. The minimum atomic E-state index is -3.53. The van der Waals surface area contributed by atoms with E-state index in [1.807, 2.05) is 0 Å².